The van der Waals surface area contributed by atoms with Gasteiger partial charge in [-0.25, -0.2) is 9.18 Å². The van der Waals surface area contributed by atoms with E-state index in [-0.39, 0.29) is 18.1 Å². The van der Waals surface area contributed by atoms with Crippen LogP contribution in [0.2, 0.25) is 0 Å². The third kappa shape index (κ3) is 4.00. The Morgan fingerprint density at radius 3 is 2.38 bits per heavy atom. The van der Waals surface area contributed by atoms with Crippen molar-refractivity contribution in [3.05, 3.63) is 63.8 Å². The minimum Gasteiger partial charge on any atom is -0.493 e. The van der Waals surface area contributed by atoms with E-state index in [4.69, 9.17) is 13.9 Å². The minimum atomic E-state index is -0.541. The second-order valence-electron chi connectivity index (χ2n) is 7.69. The van der Waals surface area contributed by atoms with Gasteiger partial charge in [0.05, 0.1) is 31.9 Å². The van der Waals surface area contributed by atoms with E-state index < -0.39 is 5.63 Å². The first-order chi connectivity index (χ1) is 15.4. The summed E-state index contributed by atoms with van der Waals surface area (Å²) in [6.45, 7) is 3.75. The molecule has 3 aromatic rings. The maximum atomic E-state index is 14.1. The van der Waals surface area contributed by atoms with Crippen LogP contribution < -0.4 is 20.0 Å². The van der Waals surface area contributed by atoms with Gasteiger partial charge in [-0.05, 0) is 30.7 Å². The van der Waals surface area contributed by atoms with E-state index in [0.717, 1.165) is 0 Å². The quantitative estimate of drug-likeness (QED) is 0.568. The Labute approximate surface area is 184 Å². The summed E-state index contributed by atoms with van der Waals surface area (Å²) in [5, 5.41) is 0.689. The van der Waals surface area contributed by atoms with Gasteiger partial charge >= 0.3 is 5.63 Å². The molecule has 0 spiro atoms. The van der Waals surface area contributed by atoms with E-state index in [1.54, 1.807) is 42.2 Å². The smallest absolute Gasteiger partial charge is 0.340 e. The molecule has 2 aromatic carbocycles. The number of halogens is 1. The monoisotopic (exact) mass is 440 g/mol. The first-order valence-corrected chi connectivity index (χ1v) is 10.4. The summed E-state index contributed by atoms with van der Waals surface area (Å²) in [4.78, 5) is 29.2. The molecular weight excluding hydrogens is 415 g/mol. The number of rotatable bonds is 5. The Kier molecular flexibility index (Phi) is 6.03. The molecule has 1 saturated heterocycles. The SMILES string of the molecule is COc1cc2oc(=O)c(CC(=O)N3CCN(c4ccccc4F)CC3)c(C)c2cc1OC. The molecule has 32 heavy (non-hydrogen) atoms. The number of para-hydroxylation sites is 1. The Morgan fingerprint density at radius 1 is 1.06 bits per heavy atom. The first kappa shape index (κ1) is 21.7. The van der Waals surface area contributed by atoms with Crippen molar-refractivity contribution in [3.8, 4) is 11.5 Å². The van der Waals surface area contributed by atoms with Gasteiger partial charge in [-0.2, -0.15) is 0 Å². The van der Waals surface area contributed by atoms with Crippen LogP contribution in [0, 0.1) is 12.7 Å². The fraction of sp³-hybridized carbons (Fsp3) is 0.333. The van der Waals surface area contributed by atoms with Crippen molar-refractivity contribution in [1.82, 2.24) is 4.90 Å². The van der Waals surface area contributed by atoms with E-state index in [1.807, 2.05) is 4.90 Å². The Balaban J connectivity index is 1.53. The highest BCUT2D eigenvalue weighted by atomic mass is 19.1. The van der Waals surface area contributed by atoms with Crippen molar-refractivity contribution in [3.63, 3.8) is 0 Å². The highest BCUT2D eigenvalue weighted by Crippen LogP contribution is 2.33. The lowest BCUT2D eigenvalue weighted by Crippen LogP contribution is -2.49. The molecule has 1 aliphatic heterocycles. The lowest BCUT2D eigenvalue weighted by atomic mass is 10.0. The molecule has 1 fully saturated rings. The fourth-order valence-electron chi connectivity index (χ4n) is 4.09. The van der Waals surface area contributed by atoms with Crippen molar-refractivity contribution in [2.45, 2.75) is 13.3 Å². The highest BCUT2D eigenvalue weighted by Gasteiger charge is 2.25. The zero-order valence-corrected chi connectivity index (χ0v) is 18.3. The standard InChI is InChI=1S/C24H25FN2O5/c1-15-16-12-21(30-2)22(31-3)14-20(16)32-24(29)17(15)13-23(28)27-10-8-26(9-11-27)19-7-5-4-6-18(19)25/h4-7,12,14H,8-11,13H2,1-3H3. The lowest BCUT2D eigenvalue weighted by Gasteiger charge is -2.36. The number of ether oxygens (including phenoxy) is 2. The summed E-state index contributed by atoms with van der Waals surface area (Å²) >= 11 is 0. The number of methoxy groups -OCH3 is 2. The van der Waals surface area contributed by atoms with Crippen LogP contribution in [-0.4, -0.2) is 51.2 Å². The van der Waals surface area contributed by atoms with Gasteiger partial charge < -0.3 is 23.7 Å². The average molecular weight is 440 g/mol. The number of nitrogens with zero attached hydrogens (tertiary/aromatic N) is 2. The van der Waals surface area contributed by atoms with Crippen molar-refractivity contribution >= 4 is 22.6 Å². The number of hydrogen-bond donors (Lipinski definition) is 0. The van der Waals surface area contributed by atoms with Crippen LogP contribution >= 0.6 is 0 Å². The third-order valence-electron chi connectivity index (χ3n) is 5.95. The fourth-order valence-corrected chi connectivity index (χ4v) is 4.09. The normalized spacial score (nSPS) is 14.0. The number of aryl methyl sites for hydroxylation is 1. The summed E-state index contributed by atoms with van der Waals surface area (Å²) < 4.78 is 30.2. The molecular formula is C24H25FN2O5. The predicted molar refractivity (Wildman–Crippen MR) is 119 cm³/mol. The van der Waals surface area contributed by atoms with Gasteiger partial charge in [-0.15, -0.1) is 0 Å². The number of amides is 1. The molecule has 0 radical (unpaired) electrons. The van der Waals surface area contributed by atoms with Crippen LogP contribution in [0.3, 0.4) is 0 Å². The van der Waals surface area contributed by atoms with E-state index in [2.05, 4.69) is 0 Å². The van der Waals surface area contributed by atoms with E-state index in [1.165, 1.54) is 20.3 Å². The Bertz CT molecular complexity index is 1210. The number of benzene rings is 2. The summed E-state index contributed by atoms with van der Waals surface area (Å²) in [7, 11) is 3.04. The van der Waals surface area contributed by atoms with Crippen LogP contribution in [0.15, 0.2) is 45.6 Å². The molecule has 1 aliphatic rings. The molecule has 0 N–H and O–H groups in total. The van der Waals surface area contributed by atoms with Crippen molar-refractivity contribution in [2.75, 3.05) is 45.3 Å². The highest BCUT2D eigenvalue weighted by molar-refractivity contribution is 5.87. The minimum absolute atomic E-state index is 0.0574. The summed E-state index contributed by atoms with van der Waals surface area (Å²) in [6, 6.07) is 9.96. The van der Waals surface area contributed by atoms with E-state index >= 15 is 0 Å². The molecule has 1 aromatic heterocycles. The van der Waals surface area contributed by atoms with Gasteiger partial charge in [0.2, 0.25) is 5.91 Å². The molecule has 1 amide bonds. The number of anilines is 1. The molecule has 4 rings (SSSR count). The van der Waals surface area contributed by atoms with Crippen LogP contribution in [0.5, 0.6) is 11.5 Å². The van der Waals surface area contributed by atoms with E-state index in [0.29, 0.717) is 65.5 Å². The van der Waals surface area contributed by atoms with Crippen LogP contribution in [0.1, 0.15) is 11.1 Å². The Morgan fingerprint density at radius 2 is 1.72 bits per heavy atom. The molecule has 7 nitrogen and oxygen atoms in total. The number of hydrogen-bond acceptors (Lipinski definition) is 6. The van der Waals surface area contributed by atoms with E-state index in [9.17, 15) is 14.0 Å². The second-order valence-corrected chi connectivity index (χ2v) is 7.69. The van der Waals surface area contributed by atoms with Crippen LogP contribution in [-0.2, 0) is 11.2 Å². The van der Waals surface area contributed by atoms with Crippen LogP contribution in [0.4, 0.5) is 10.1 Å². The van der Waals surface area contributed by atoms with Crippen LogP contribution in [0.25, 0.3) is 11.0 Å². The van der Waals surface area contributed by atoms with Crippen molar-refractivity contribution in [1.29, 1.82) is 0 Å². The zero-order valence-electron chi connectivity index (χ0n) is 18.3. The predicted octanol–water partition coefficient (Wildman–Crippen LogP) is 3.15. The maximum Gasteiger partial charge on any atom is 0.340 e. The number of carbonyl (C=O) groups excluding carboxylic acids is 1. The van der Waals surface area contributed by atoms with Gasteiger partial charge in [-0.3, -0.25) is 4.79 Å². The Hall–Kier alpha value is -3.55. The van der Waals surface area contributed by atoms with Crippen molar-refractivity contribution in [2.24, 2.45) is 0 Å². The number of carbonyl (C=O) groups is 1. The maximum absolute atomic E-state index is 14.1. The molecule has 0 saturated carbocycles. The summed E-state index contributed by atoms with van der Waals surface area (Å²) in [6.07, 6.45) is -0.0574. The molecule has 0 aliphatic carbocycles. The lowest BCUT2D eigenvalue weighted by molar-refractivity contribution is -0.130. The van der Waals surface area contributed by atoms with Gasteiger partial charge in [0, 0.05) is 37.6 Å². The molecule has 168 valence electrons. The summed E-state index contributed by atoms with van der Waals surface area (Å²) in [5.74, 6) is 0.537. The number of fused-ring (bicyclic) bond motifs is 1. The molecule has 8 heteroatoms. The first-order valence-electron chi connectivity index (χ1n) is 10.4. The number of piperazine rings is 1. The average Bonchev–Trinajstić information content (AvgIpc) is 2.81. The van der Waals surface area contributed by atoms with Gasteiger partial charge in [0.25, 0.3) is 0 Å². The molecule has 2 heterocycles. The molecule has 0 atom stereocenters. The molecule has 0 bridgehead atoms. The second kappa shape index (κ2) is 8.90. The van der Waals surface area contributed by atoms with Gasteiger partial charge in [0.15, 0.2) is 11.5 Å². The third-order valence-corrected chi connectivity index (χ3v) is 5.95. The van der Waals surface area contributed by atoms with Crippen molar-refractivity contribution < 1.29 is 23.1 Å². The topological polar surface area (TPSA) is 72.2 Å². The zero-order chi connectivity index (χ0) is 22.8. The van der Waals surface area contributed by atoms with Gasteiger partial charge in [-0.1, -0.05) is 12.1 Å². The molecule has 0 unspecified atom stereocenters. The largest absolute Gasteiger partial charge is 0.493 e. The van der Waals surface area contributed by atoms with Gasteiger partial charge in [0.1, 0.15) is 11.4 Å². The summed E-state index contributed by atoms with van der Waals surface area (Å²) in [5.41, 5.74) is 1.37.